The number of morpholine rings is 1. The molecule has 0 radical (unpaired) electrons. The van der Waals surface area contributed by atoms with Crippen LogP contribution in [-0.2, 0) is 14.3 Å². The number of carbonyl (C=O) groups excluding carboxylic acids is 3. The molecular weight excluding hydrogens is 488 g/mol. The summed E-state index contributed by atoms with van der Waals surface area (Å²) >= 11 is 4.28. The van der Waals surface area contributed by atoms with Gasteiger partial charge in [-0.1, -0.05) is 28.6 Å². The number of hydrogen-bond donors (Lipinski definition) is 0. The topological polar surface area (TPSA) is 85.4 Å². The molecule has 3 rings (SSSR count). The monoisotopic (exact) mass is 510 g/mol. The zero-order chi connectivity index (χ0) is 22.4. The quantitative estimate of drug-likeness (QED) is 0.391. The van der Waals surface area contributed by atoms with E-state index in [-0.39, 0.29) is 17.4 Å². The summed E-state index contributed by atoms with van der Waals surface area (Å²) in [5.41, 5.74) is 0.652. The van der Waals surface area contributed by atoms with Crippen LogP contribution in [0.3, 0.4) is 0 Å². The van der Waals surface area contributed by atoms with E-state index in [4.69, 9.17) is 14.2 Å². The second kappa shape index (κ2) is 10.8. The maximum atomic E-state index is 12.8. The van der Waals surface area contributed by atoms with Crippen LogP contribution in [0.1, 0.15) is 12.5 Å². The second-order valence-electron chi connectivity index (χ2n) is 6.61. The first-order valence-corrected chi connectivity index (χ1v) is 11.4. The number of ether oxygens (including phenoxy) is 3. The minimum absolute atomic E-state index is 0.239. The van der Waals surface area contributed by atoms with E-state index in [0.29, 0.717) is 61.1 Å². The molecule has 166 valence electrons. The third-order valence-corrected chi connectivity index (χ3v) is 6.13. The summed E-state index contributed by atoms with van der Waals surface area (Å²) in [6, 6.07) is 3.48. The molecule has 0 N–H and O–H groups in total. The van der Waals surface area contributed by atoms with Crippen molar-refractivity contribution >= 4 is 50.8 Å². The second-order valence-corrected chi connectivity index (χ2v) is 8.46. The molecule has 8 nitrogen and oxygen atoms in total. The summed E-state index contributed by atoms with van der Waals surface area (Å²) in [5.74, 6) is 0.291. The molecule has 0 aromatic heterocycles. The molecule has 0 saturated carbocycles. The van der Waals surface area contributed by atoms with Crippen LogP contribution < -0.4 is 9.47 Å². The highest BCUT2D eigenvalue weighted by molar-refractivity contribution is 9.10. The Hall–Kier alpha value is -2.30. The number of rotatable bonds is 8. The van der Waals surface area contributed by atoms with Gasteiger partial charge in [0.2, 0.25) is 5.91 Å². The summed E-state index contributed by atoms with van der Waals surface area (Å²) in [6.07, 6.45) is 3.24. The highest BCUT2D eigenvalue weighted by Crippen LogP contribution is 2.38. The molecule has 0 aliphatic carbocycles. The SMILES string of the molecule is C=CCOc1cc(Br)c(/C=C2/SC(=O)N(CC(=O)N3CCOCC3)C2=O)cc1OCC. The summed E-state index contributed by atoms with van der Waals surface area (Å²) in [4.78, 5) is 40.5. The highest BCUT2D eigenvalue weighted by atomic mass is 79.9. The lowest BCUT2D eigenvalue weighted by Crippen LogP contribution is -2.46. The van der Waals surface area contributed by atoms with Gasteiger partial charge in [-0.3, -0.25) is 19.3 Å². The van der Waals surface area contributed by atoms with Crippen LogP contribution in [0.15, 0.2) is 34.2 Å². The van der Waals surface area contributed by atoms with Crippen molar-refractivity contribution in [3.8, 4) is 11.5 Å². The fourth-order valence-electron chi connectivity index (χ4n) is 3.02. The van der Waals surface area contributed by atoms with Gasteiger partial charge >= 0.3 is 0 Å². The smallest absolute Gasteiger partial charge is 0.294 e. The Morgan fingerprint density at radius 3 is 2.65 bits per heavy atom. The number of imide groups is 1. The molecule has 2 aliphatic heterocycles. The van der Waals surface area contributed by atoms with Gasteiger partial charge in [0.05, 0.1) is 24.7 Å². The predicted octanol–water partition coefficient (Wildman–Crippen LogP) is 3.31. The van der Waals surface area contributed by atoms with Gasteiger partial charge in [-0.2, -0.15) is 0 Å². The van der Waals surface area contributed by atoms with E-state index in [2.05, 4.69) is 22.5 Å². The minimum atomic E-state index is -0.492. The molecular formula is C21H23BrN2O6S. The Kier molecular flexibility index (Phi) is 8.16. The van der Waals surface area contributed by atoms with E-state index >= 15 is 0 Å². The molecule has 2 saturated heterocycles. The van der Waals surface area contributed by atoms with Gasteiger partial charge in [-0.05, 0) is 42.5 Å². The van der Waals surface area contributed by atoms with Crippen LogP contribution >= 0.6 is 27.7 Å². The fourth-order valence-corrected chi connectivity index (χ4v) is 4.28. The van der Waals surface area contributed by atoms with Crippen molar-refractivity contribution < 1.29 is 28.6 Å². The first-order chi connectivity index (χ1) is 14.9. The average molecular weight is 511 g/mol. The molecule has 10 heteroatoms. The molecule has 0 atom stereocenters. The van der Waals surface area contributed by atoms with Gasteiger partial charge < -0.3 is 19.1 Å². The van der Waals surface area contributed by atoms with Gasteiger partial charge in [0.25, 0.3) is 11.1 Å². The third kappa shape index (κ3) is 5.69. The molecule has 2 aliphatic rings. The zero-order valence-corrected chi connectivity index (χ0v) is 19.5. The lowest BCUT2D eigenvalue weighted by atomic mass is 10.1. The lowest BCUT2D eigenvalue weighted by Gasteiger charge is -2.28. The minimum Gasteiger partial charge on any atom is -0.490 e. The Morgan fingerprint density at radius 2 is 1.97 bits per heavy atom. The standard InChI is InChI=1S/C21H23BrN2O6S/c1-3-7-30-17-12-15(22)14(10-16(17)29-4-2)11-18-20(26)24(21(27)31-18)13-19(25)23-5-8-28-9-6-23/h3,10-12H,1,4-9,13H2,2H3/b18-11+. The van der Waals surface area contributed by atoms with E-state index in [1.807, 2.05) is 6.92 Å². The van der Waals surface area contributed by atoms with Gasteiger partial charge in [-0.15, -0.1) is 0 Å². The normalized spacial score (nSPS) is 17.9. The van der Waals surface area contributed by atoms with Crippen molar-refractivity contribution in [2.75, 3.05) is 46.1 Å². The fraction of sp³-hybridized carbons (Fsp3) is 0.381. The van der Waals surface area contributed by atoms with Crippen molar-refractivity contribution in [3.05, 3.63) is 39.7 Å². The number of thioether (sulfide) groups is 1. The van der Waals surface area contributed by atoms with E-state index < -0.39 is 11.1 Å². The van der Waals surface area contributed by atoms with Crippen molar-refractivity contribution in [2.45, 2.75) is 6.92 Å². The first-order valence-electron chi connectivity index (χ1n) is 9.75. The molecule has 1 aromatic rings. The van der Waals surface area contributed by atoms with Crippen molar-refractivity contribution in [3.63, 3.8) is 0 Å². The molecule has 1 aromatic carbocycles. The molecule has 0 unspecified atom stereocenters. The highest BCUT2D eigenvalue weighted by Gasteiger charge is 2.37. The number of amides is 3. The largest absolute Gasteiger partial charge is 0.490 e. The Bertz CT molecular complexity index is 913. The van der Waals surface area contributed by atoms with E-state index in [1.54, 1.807) is 29.2 Å². The average Bonchev–Trinajstić information content (AvgIpc) is 3.02. The van der Waals surface area contributed by atoms with Crippen molar-refractivity contribution in [1.29, 1.82) is 0 Å². The summed E-state index contributed by atoms with van der Waals surface area (Å²) < 4.78 is 17.2. The number of halogens is 1. The molecule has 0 bridgehead atoms. The van der Waals surface area contributed by atoms with Crippen LogP contribution in [0.5, 0.6) is 11.5 Å². The van der Waals surface area contributed by atoms with Crippen LogP contribution in [0.4, 0.5) is 4.79 Å². The first kappa shape index (κ1) is 23.4. The van der Waals surface area contributed by atoms with Crippen LogP contribution in [0, 0.1) is 0 Å². The number of benzene rings is 1. The maximum Gasteiger partial charge on any atom is 0.294 e. The van der Waals surface area contributed by atoms with E-state index in [1.165, 1.54) is 0 Å². The van der Waals surface area contributed by atoms with Gasteiger partial charge in [0.1, 0.15) is 13.2 Å². The Labute approximate surface area is 193 Å². The number of nitrogens with zero attached hydrogens (tertiary/aromatic N) is 2. The third-order valence-electron chi connectivity index (χ3n) is 4.54. The van der Waals surface area contributed by atoms with Gasteiger partial charge in [0, 0.05) is 17.6 Å². The molecule has 2 fully saturated rings. The number of carbonyl (C=O) groups is 3. The predicted molar refractivity (Wildman–Crippen MR) is 121 cm³/mol. The van der Waals surface area contributed by atoms with Crippen LogP contribution in [0.25, 0.3) is 6.08 Å². The lowest BCUT2D eigenvalue weighted by molar-refractivity contribution is -0.139. The van der Waals surface area contributed by atoms with E-state index in [9.17, 15) is 14.4 Å². The summed E-state index contributed by atoms with van der Waals surface area (Å²) in [5, 5.41) is -0.468. The molecule has 31 heavy (non-hydrogen) atoms. The van der Waals surface area contributed by atoms with E-state index in [0.717, 1.165) is 16.7 Å². The van der Waals surface area contributed by atoms with Gasteiger partial charge in [-0.25, -0.2) is 0 Å². The van der Waals surface area contributed by atoms with Crippen molar-refractivity contribution in [2.24, 2.45) is 0 Å². The summed E-state index contributed by atoms with van der Waals surface area (Å²) in [7, 11) is 0. The Morgan fingerprint density at radius 1 is 1.26 bits per heavy atom. The Balaban J connectivity index is 1.79. The van der Waals surface area contributed by atoms with Gasteiger partial charge in [0.15, 0.2) is 11.5 Å². The van der Waals surface area contributed by atoms with Crippen molar-refractivity contribution in [1.82, 2.24) is 9.80 Å². The maximum absolute atomic E-state index is 12.8. The number of hydrogen-bond acceptors (Lipinski definition) is 7. The van der Waals surface area contributed by atoms with Crippen LogP contribution in [0.2, 0.25) is 0 Å². The van der Waals surface area contributed by atoms with Crippen LogP contribution in [-0.4, -0.2) is 72.9 Å². The summed E-state index contributed by atoms with van der Waals surface area (Å²) in [6.45, 7) is 7.80. The molecule has 3 amide bonds. The zero-order valence-electron chi connectivity index (χ0n) is 17.1. The molecule has 2 heterocycles. The molecule has 0 spiro atoms.